The minimum absolute atomic E-state index is 0.0135. The number of nitro benzene ring substituents is 1. The number of nitrogens with zero attached hydrogens (tertiary/aromatic N) is 1. The SMILES string of the molecule is COc1c2c(cc3c1C(C#CCNc1ccc(Sc4ccc([N+](=O)[O-])cc4)cc1)[NH+](C)CC3)OCO2. The predicted octanol–water partition coefficient (Wildman–Crippen LogP) is 3.71. The molecule has 2 heterocycles. The number of non-ortho nitro benzene ring substituents is 1. The Labute approximate surface area is 213 Å². The molecule has 3 aromatic rings. The summed E-state index contributed by atoms with van der Waals surface area (Å²) in [4.78, 5) is 13.7. The number of nitrogens with one attached hydrogen (secondary N) is 2. The average Bonchev–Trinajstić information content (AvgIpc) is 3.36. The first-order valence-corrected chi connectivity index (χ1v) is 12.4. The molecule has 0 saturated carbocycles. The van der Waals surface area contributed by atoms with Gasteiger partial charge in [0.25, 0.3) is 5.69 Å². The third-order valence-corrected chi connectivity index (χ3v) is 7.30. The van der Waals surface area contributed by atoms with Crippen LogP contribution in [0.1, 0.15) is 17.2 Å². The van der Waals surface area contributed by atoms with E-state index in [1.54, 1.807) is 31.0 Å². The van der Waals surface area contributed by atoms with Crippen LogP contribution >= 0.6 is 11.8 Å². The molecule has 184 valence electrons. The highest BCUT2D eigenvalue weighted by Gasteiger charge is 2.35. The molecule has 8 nitrogen and oxygen atoms in total. The second-order valence-corrected chi connectivity index (χ2v) is 9.69. The van der Waals surface area contributed by atoms with E-state index < -0.39 is 4.92 Å². The highest BCUT2D eigenvalue weighted by Crippen LogP contribution is 2.47. The second-order valence-electron chi connectivity index (χ2n) is 8.55. The number of methoxy groups -OCH3 is 1. The molecule has 0 spiro atoms. The lowest BCUT2D eigenvalue weighted by molar-refractivity contribution is -0.905. The Balaban J connectivity index is 1.23. The summed E-state index contributed by atoms with van der Waals surface area (Å²) in [5.41, 5.74) is 3.36. The molecule has 0 bridgehead atoms. The van der Waals surface area contributed by atoms with Gasteiger partial charge in [0.15, 0.2) is 17.5 Å². The molecule has 9 heteroatoms. The number of nitro groups is 1. The summed E-state index contributed by atoms with van der Waals surface area (Å²) in [5, 5.41) is 14.2. The lowest BCUT2D eigenvalue weighted by Gasteiger charge is -2.30. The molecule has 2 N–H and O–H groups in total. The molecule has 2 aliphatic rings. The second kappa shape index (κ2) is 10.4. The summed E-state index contributed by atoms with van der Waals surface area (Å²) < 4.78 is 17.0. The van der Waals surface area contributed by atoms with Gasteiger partial charge in [-0.05, 0) is 53.9 Å². The van der Waals surface area contributed by atoms with Crippen LogP contribution in [0.15, 0.2) is 64.4 Å². The Morgan fingerprint density at radius 3 is 2.58 bits per heavy atom. The Bertz CT molecular complexity index is 1330. The summed E-state index contributed by atoms with van der Waals surface area (Å²) in [7, 11) is 3.82. The van der Waals surface area contributed by atoms with Gasteiger partial charge in [-0.2, -0.15) is 0 Å². The third-order valence-electron chi connectivity index (χ3n) is 6.28. The standard InChI is InChI=1S/C27H25N3O5S/c1-29-15-13-18-16-24-26(35-17-34-24)27(33-2)25(18)23(29)4-3-14-28-19-5-9-21(10-6-19)36-22-11-7-20(8-12-22)30(31)32/h5-12,16,23,28H,13-15,17H2,1-2H3/p+1. The van der Waals surface area contributed by atoms with Crippen molar-refractivity contribution in [3.63, 3.8) is 0 Å². The molecule has 0 radical (unpaired) electrons. The zero-order chi connectivity index (χ0) is 25.1. The topological polar surface area (TPSA) is 87.3 Å². The molecule has 0 amide bonds. The quantitative estimate of drug-likeness (QED) is 0.301. The van der Waals surface area contributed by atoms with Crippen LogP contribution in [-0.4, -0.2) is 39.0 Å². The first-order chi connectivity index (χ1) is 17.5. The van der Waals surface area contributed by atoms with E-state index >= 15 is 0 Å². The minimum Gasteiger partial charge on any atom is -0.492 e. The summed E-state index contributed by atoms with van der Waals surface area (Å²) >= 11 is 1.56. The Morgan fingerprint density at radius 2 is 1.89 bits per heavy atom. The van der Waals surface area contributed by atoms with Gasteiger partial charge in [-0.15, -0.1) is 0 Å². The van der Waals surface area contributed by atoms with E-state index in [9.17, 15) is 10.1 Å². The number of hydrogen-bond donors (Lipinski definition) is 2. The van der Waals surface area contributed by atoms with Crippen LogP contribution in [0.4, 0.5) is 11.4 Å². The fourth-order valence-corrected chi connectivity index (χ4v) is 5.25. The number of hydrogen-bond acceptors (Lipinski definition) is 7. The smallest absolute Gasteiger partial charge is 0.269 e. The lowest BCUT2D eigenvalue weighted by Crippen LogP contribution is -3.10. The number of ether oxygens (including phenoxy) is 3. The van der Waals surface area contributed by atoms with Crippen molar-refractivity contribution in [2.75, 3.05) is 39.4 Å². The third kappa shape index (κ3) is 4.91. The molecule has 2 unspecified atom stereocenters. The first kappa shape index (κ1) is 23.9. The van der Waals surface area contributed by atoms with Gasteiger partial charge in [-0.3, -0.25) is 10.1 Å². The average molecular weight is 505 g/mol. The van der Waals surface area contributed by atoms with Crippen LogP contribution in [0.25, 0.3) is 0 Å². The maximum Gasteiger partial charge on any atom is 0.269 e. The molecule has 0 fully saturated rings. The van der Waals surface area contributed by atoms with Crippen LogP contribution < -0.4 is 24.4 Å². The van der Waals surface area contributed by atoms with Gasteiger partial charge >= 0.3 is 0 Å². The molecule has 0 aromatic heterocycles. The summed E-state index contributed by atoms with van der Waals surface area (Å²) in [5.74, 6) is 8.88. The molecule has 0 saturated heterocycles. The number of rotatable bonds is 6. The molecule has 3 aromatic carbocycles. The largest absolute Gasteiger partial charge is 0.492 e. The molecular formula is C27H26N3O5S+. The van der Waals surface area contributed by atoms with Crippen molar-refractivity contribution < 1.29 is 24.0 Å². The van der Waals surface area contributed by atoms with Crippen molar-refractivity contribution in [1.82, 2.24) is 0 Å². The maximum atomic E-state index is 10.8. The van der Waals surface area contributed by atoms with Gasteiger partial charge in [-0.1, -0.05) is 17.7 Å². The van der Waals surface area contributed by atoms with Gasteiger partial charge in [-0.25, -0.2) is 0 Å². The van der Waals surface area contributed by atoms with Gasteiger partial charge in [0, 0.05) is 34.0 Å². The molecule has 2 aliphatic heterocycles. The van der Waals surface area contributed by atoms with E-state index in [1.165, 1.54) is 22.6 Å². The first-order valence-electron chi connectivity index (χ1n) is 11.6. The van der Waals surface area contributed by atoms with Crippen molar-refractivity contribution in [1.29, 1.82) is 0 Å². The van der Waals surface area contributed by atoms with Crippen molar-refractivity contribution in [3.8, 4) is 29.1 Å². The van der Waals surface area contributed by atoms with Gasteiger partial charge < -0.3 is 24.4 Å². The van der Waals surface area contributed by atoms with Crippen LogP contribution in [0.3, 0.4) is 0 Å². The monoisotopic (exact) mass is 504 g/mol. The van der Waals surface area contributed by atoms with Gasteiger partial charge in [0.05, 0.1) is 37.7 Å². The fraction of sp³-hybridized carbons (Fsp3) is 0.259. The fourth-order valence-electron chi connectivity index (χ4n) is 4.43. The van der Waals surface area contributed by atoms with E-state index in [0.29, 0.717) is 12.3 Å². The van der Waals surface area contributed by atoms with Crippen molar-refractivity contribution in [3.05, 3.63) is 75.8 Å². The lowest BCUT2D eigenvalue weighted by atomic mass is 9.91. The maximum absolute atomic E-state index is 10.8. The molecular weight excluding hydrogens is 478 g/mol. The summed E-state index contributed by atoms with van der Waals surface area (Å²) in [6.45, 7) is 1.71. The van der Waals surface area contributed by atoms with Gasteiger partial charge in [0.1, 0.15) is 0 Å². The number of quaternary nitrogens is 1. The summed E-state index contributed by atoms with van der Waals surface area (Å²) in [6, 6.07) is 16.7. The molecule has 2 atom stereocenters. The van der Waals surface area contributed by atoms with E-state index in [2.05, 4.69) is 30.3 Å². The number of likely N-dealkylation sites (N-methyl/N-ethyl adjacent to an activating group) is 1. The number of benzene rings is 3. The van der Waals surface area contributed by atoms with Gasteiger partial charge in [0.2, 0.25) is 12.5 Å². The van der Waals surface area contributed by atoms with Crippen molar-refractivity contribution >= 4 is 23.1 Å². The Kier molecular flexibility index (Phi) is 6.89. The zero-order valence-corrected chi connectivity index (χ0v) is 20.8. The van der Waals surface area contributed by atoms with Crippen LogP contribution in [-0.2, 0) is 6.42 Å². The highest BCUT2D eigenvalue weighted by atomic mass is 32.2. The van der Waals surface area contributed by atoms with Crippen LogP contribution in [0, 0.1) is 22.0 Å². The number of fused-ring (bicyclic) bond motifs is 2. The van der Waals surface area contributed by atoms with Crippen LogP contribution in [0.2, 0.25) is 0 Å². The normalized spacial score (nSPS) is 17.5. The summed E-state index contributed by atoms with van der Waals surface area (Å²) in [6.07, 6.45) is 0.939. The highest BCUT2D eigenvalue weighted by molar-refractivity contribution is 7.99. The van der Waals surface area contributed by atoms with E-state index in [4.69, 9.17) is 14.2 Å². The van der Waals surface area contributed by atoms with E-state index in [1.807, 2.05) is 24.3 Å². The minimum atomic E-state index is -0.393. The van der Waals surface area contributed by atoms with E-state index in [-0.39, 0.29) is 18.5 Å². The number of anilines is 1. The van der Waals surface area contributed by atoms with Crippen molar-refractivity contribution in [2.45, 2.75) is 22.3 Å². The molecule has 36 heavy (non-hydrogen) atoms. The Hall–Kier alpha value is -3.87. The molecule has 5 rings (SSSR count). The Morgan fingerprint density at radius 1 is 1.17 bits per heavy atom. The predicted molar refractivity (Wildman–Crippen MR) is 137 cm³/mol. The zero-order valence-electron chi connectivity index (χ0n) is 20.0. The molecule has 0 aliphatic carbocycles. The van der Waals surface area contributed by atoms with E-state index in [0.717, 1.165) is 45.5 Å². The van der Waals surface area contributed by atoms with Crippen molar-refractivity contribution in [2.24, 2.45) is 0 Å². The van der Waals surface area contributed by atoms with Crippen LogP contribution in [0.5, 0.6) is 17.2 Å².